The van der Waals surface area contributed by atoms with E-state index in [1.165, 1.54) is 12.0 Å². The van der Waals surface area contributed by atoms with Gasteiger partial charge in [0, 0.05) is 13.0 Å². The molecule has 2 aromatic rings. The summed E-state index contributed by atoms with van der Waals surface area (Å²) < 4.78 is 10.3. The Morgan fingerprint density at radius 1 is 1.00 bits per heavy atom. The molecule has 2 aromatic carbocycles. The highest BCUT2D eigenvalue weighted by Gasteiger charge is 2.53. The third kappa shape index (κ3) is 3.62. The van der Waals surface area contributed by atoms with E-state index in [1.54, 1.807) is 0 Å². The third-order valence-corrected chi connectivity index (χ3v) is 5.84. The van der Waals surface area contributed by atoms with Crippen molar-refractivity contribution in [2.75, 3.05) is 13.7 Å². The first-order valence-corrected chi connectivity index (χ1v) is 9.72. The molecule has 1 aliphatic carbocycles. The van der Waals surface area contributed by atoms with Gasteiger partial charge in [-0.2, -0.15) is 0 Å². The van der Waals surface area contributed by atoms with E-state index in [2.05, 4.69) is 0 Å². The van der Waals surface area contributed by atoms with Gasteiger partial charge in [0.2, 0.25) is 0 Å². The summed E-state index contributed by atoms with van der Waals surface area (Å²) in [4.78, 5) is 39.3. The standard InChI is InChI=1S/C23H23NO5/c1-28-21(26)19-13-16-7-5-6-8-17(16)14-24(19)20(25)15-29-22(27)23(11-12-23)18-9-3-2-4-10-18/h2-10,19H,11-15H2,1H3/t19-/m0/s1. The number of methoxy groups -OCH3 is 1. The van der Waals surface area contributed by atoms with Crippen LogP contribution in [0, 0.1) is 0 Å². The van der Waals surface area contributed by atoms with Crippen LogP contribution >= 0.6 is 0 Å². The van der Waals surface area contributed by atoms with Gasteiger partial charge in [0.25, 0.3) is 5.91 Å². The molecule has 1 atom stereocenters. The summed E-state index contributed by atoms with van der Waals surface area (Å²) >= 11 is 0. The molecule has 150 valence electrons. The van der Waals surface area contributed by atoms with Crippen molar-refractivity contribution < 1.29 is 23.9 Å². The van der Waals surface area contributed by atoms with Crippen molar-refractivity contribution in [2.45, 2.75) is 37.3 Å². The predicted octanol–water partition coefficient (Wildman–Crippen LogP) is 2.39. The van der Waals surface area contributed by atoms with Crippen molar-refractivity contribution in [3.05, 3.63) is 71.3 Å². The van der Waals surface area contributed by atoms with Crippen molar-refractivity contribution in [1.29, 1.82) is 0 Å². The van der Waals surface area contributed by atoms with Crippen molar-refractivity contribution in [1.82, 2.24) is 4.90 Å². The molecule has 6 heteroatoms. The minimum atomic E-state index is -0.717. The highest BCUT2D eigenvalue weighted by atomic mass is 16.5. The maximum absolute atomic E-state index is 12.9. The van der Waals surface area contributed by atoms with Gasteiger partial charge in [0.05, 0.1) is 12.5 Å². The summed E-state index contributed by atoms with van der Waals surface area (Å²) in [6, 6.07) is 16.5. The van der Waals surface area contributed by atoms with E-state index in [4.69, 9.17) is 9.47 Å². The predicted molar refractivity (Wildman–Crippen MR) is 105 cm³/mol. The first-order chi connectivity index (χ1) is 14.0. The molecule has 0 aromatic heterocycles. The zero-order valence-corrected chi connectivity index (χ0v) is 16.3. The van der Waals surface area contributed by atoms with E-state index in [0.717, 1.165) is 16.7 Å². The first kappa shape index (κ1) is 19.2. The normalized spacial score (nSPS) is 19.1. The number of hydrogen-bond donors (Lipinski definition) is 0. The number of carbonyl (C=O) groups excluding carboxylic acids is 3. The fourth-order valence-electron chi connectivity index (χ4n) is 3.97. The molecule has 4 rings (SSSR count). The molecule has 0 spiro atoms. The lowest BCUT2D eigenvalue weighted by Gasteiger charge is -2.35. The Kier molecular flexibility index (Phi) is 5.09. The molecule has 1 aliphatic heterocycles. The Labute approximate surface area is 169 Å². The minimum absolute atomic E-state index is 0.288. The lowest BCUT2D eigenvalue weighted by molar-refractivity contribution is -0.160. The molecule has 0 N–H and O–H groups in total. The number of fused-ring (bicyclic) bond motifs is 1. The Hall–Kier alpha value is -3.15. The number of ether oxygens (including phenoxy) is 2. The lowest BCUT2D eigenvalue weighted by Crippen LogP contribution is -2.50. The molecular weight excluding hydrogens is 370 g/mol. The van der Waals surface area contributed by atoms with Crippen LogP contribution in [0.5, 0.6) is 0 Å². The van der Waals surface area contributed by atoms with Crippen LogP contribution in [-0.2, 0) is 42.2 Å². The fourth-order valence-corrected chi connectivity index (χ4v) is 3.97. The number of benzene rings is 2. The number of rotatable bonds is 5. The van der Waals surface area contributed by atoms with E-state index in [0.29, 0.717) is 19.3 Å². The quantitative estimate of drug-likeness (QED) is 0.730. The molecule has 1 saturated carbocycles. The van der Waals surface area contributed by atoms with Crippen LogP contribution in [0.15, 0.2) is 54.6 Å². The van der Waals surface area contributed by atoms with Crippen LogP contribution in [-0.4, -0.2) is 42.5 Å². The molecule has 0 radical (unpaired) electrons. The summed E-state index contributed by atoms with van der Waals surface area (Å²) in [6.07, 6.45) is 1.81. The van der Waals surface area contributed by atoms with Crippen LogP contribution in [0.25, 0.3) is 0 Å². The SMILES string of the molecule is COC(=O)[C@@H]1Cc2ccccc2CN1C(=O)COC(=O)C1(c2ccccc2)CC1. The zero-order valence-electron chi connectivity index (χ0n) is 16.3. The van der Waals surface area contributed by atoms with Crippen LogP contribution in [0.4, 0.5) is 0 Å². The van der Waals surface area contributed by atoms with Gasteiger partial charge in [0.1, 0.15) is 6.04 Å². The van der Waals surface area contributed by atoms with Gasteiger partial charge in [-0.05, 0) is 29.5 Å². The second-order valence-corrected chi connectivity index (χ2v) is 7.56. The van der Waals surface area contributed by atoms with Gasteiger partial charge >= 0.3 is 11.9 Å². The van der Waals surface area contributed by atoms with Crippen molar-refractivity contribution in [3.63, 3.8) is 0 Å². The maximum Gasteiger partial charge on any atom is 0.328 e. The average molecular weight is 393 g/mol. The summed E-state index contributed by atoms with van der Waals surface area (Å²) in [5, 5.41) is 0. The summed E-state index contributed by atoms with van der Waals surface area (Å²) in [6.45, 7) is -0.0980. The molecular formula is C23H23NO5. The highest BCUT2D eigenvalue weighted by molar-refractivity contribution is 5.90. The van der Waals surface area contributed by atoms with Crippen molar-refractivity contribution in [3.8, 4) is 0 Å². The minimum Gasteiger partial charge on any atom is -0.467 e. The van der Waals surface area contributed by atoms with Gasteiger partial charge in [-0.15, -0.1) is 0 Å². The Morgan fingerprint density at radius 2 is 1.66 bits per heavy atom. The molecule has 0 saturated heterocycles. The van der Waals surface area contributed by atoms with Crippen LogP contribution in [0.3, 0.4) is 0 Å². The van der Waals surface area contributed by atoms with E-state index < -0.39 is 23.3 Å². The molecule has 1 amide bonds. The second-order valence-electron chi connectivity index (χ2n) is 7.56. The molecule has 0 bridgehead atoms. The molecule has 6 nitrogen and oxygen atoms in total. The van der Waals surface area contributed by atoms with Gasteiger partial charge < -0.3 is 14.4 Å². The van der Waals surface area contributed by atoms with E-state index >= 15 is 0 Å². The molecule has 0 unspecified atom stereocenters. The van der Waals surface area contributed by atoms with Crippen molar-refractivity contribution in [2.24, 2.45) is 0 Å². The molecule has 2 aliphatic rings. The summed E-state index contributed by atoms with van der Waals surface area (Å²) in [7, 11) is 1.31. The van der Waals surface area contributed by atoms with E-state index in [9.17, 15) is 14.4 Å². The van der Waals surface area contributed by atoms with Gasteiger partial charge in [-0.1, -0.05) is 54.6 Å². The third-order valence-electron chi connectivity index (χ3n) is 5.84. The van der Waals surface area contributed by atoms with Gasteiger partial charge in [0.15, 0.2) is 6.61 Å². The Morgan fingerprint density at radius 3 is 2.31 bits per heavy atom. The number of amides is 1. The van der Waals surface area contributed by atoms with Crippen molar-refractivity contribution >= 4 is 17.8 Å². The first-order valence-electron chi connectivity index (χ1n) is 9.72. The van der Waals surface area contributed by atoms with Crippen LogP contribution in [0.2, 0.25) is 0 Å². The highest BCUT2D eigenvalue weighted by Crippen LogP contribution is 2.49. The van der Waals surface area contributed by atoms with Gasteiger partial charge in [-0.3, -0.25) is 9.59 Å². The van der Waals surface area contributed by atoms with Gasteiger partial charge in [-0.25, -0.2) is 4.79 Å². The fraction of sp³-hybridized carbons (Fsp3) is 0.348. The monoisotopic (exact) mass is 393 g/mol. The number of hydrogen-bond acceptors (Lipinski definition) is 5. The average Bonchev–Trinajstić information content (AvgIpc) is 3.58. The topological polar surface area (TPSA) is 72.9 Å². The summed E-state index contributed by atoms with van der Waals surface area (Å²) in [5.41, 5.74) is 2.27. The number of esters is 2. The van der Waals surface area contributed by atoms with E-state index in [1.807, 2.05) is 54.6 Å². The smallest absolute Gasteiger partial charge is 0.328 e. The van der Waals surface area contributed by atoms with E-state index in [-0.39, 0.29) is 19.1 Å². The number of carbonyl (C=O) groups is 3. The largest absolute Gasteiger partial charge is 0.467 e. The zero-order chi connectivity index (χ0) is 20.4. The van der Waals surface area contributed by atoms with Crippen LogP contribution < -0.4 is 0 Å². The summed E-state index contributed by atoms with van der Waals surface area (Å²) in [5.74, 6) is -1.25. The van der Waals surface area contributed by atoms with Crippen LogP contribution in [0.1, 0.15) is 29.5 Å². The molecule has 1 heterocycles. The lowest BCUT2D eigenvalue weighted by atomic mass is 9.94. The molecule has 1 fully saturated rings. The Balaban J connectivity index is 1.46. The maximum atomic E-state index is 12.9. The Bertz CT molecular complexity index is 935. The number of nitrogens with zero attached hydrogens (tertiary/aromatic N) is 1. The molecule has 29 heavy (non-hydrogen) atoms. The second kappa shape index (κ2) is 7.70.